The molecular weight excluding hydrogens is 527 g/mol. The van der Waals surface area contributed by atoms with E-state index in [0.717, 1.165) is 5.56 Å². The summed E-state index contributed by atoms with van der Waals surface area (Å²) in [5.74, 6) is -1.09. The lowest BCUT2D eigenvalue weighted by Crippen LogP contribution is -2.59. The van der Waals surface area contributed by atoms with Gasteiger partial charge in [-0.2, -0.15) is 4.31 Å². The van der Waals surface area contributed by atoms with E-state index in [1.807, 2.05) is 39.0 Å². The van der Waals surface area contributed by atoms with Crippen LogP contribution in [0.25, 0.3) is 0 Å². The predicted octanol–water partition coefficient (Wildman–Crippen LogP) is 4.27. The molecule has 7 nitrogen and oxygen atoms in total. The zero-order chi connectivity index (χ0) is 27.6. The smallest absolute Gasteiger partial charge is 0.241 e. The van der Waals surface area contributed by atoms with Crippen LogP contribution < -0.4 is 16.4 Å². The number of hydrogen-bond acceptors (Lipinski definition) is 5. The summed E-state index contributed by atoms with van der Waals surface area (Å²) < 4.78 is 43.0. The van der Waals surface area contributed by atoms with Crippen LogP contribution in [0.3, 0.4) is 0 Å². The molecule has 1 saturated carbocycles. The van der Waals surface area contributed by atoms with E-state index < -0.39 is 27.8 Å². The van der Waals surface area contributed by atoms with Gasteiger partial charge >= 0.3 is 0 Å². The van der Waals surface area contributed by atoms with Crippen molar-refractivity contribution in [3.8, 4) is 0 Å². The number of carbonyl (C=O) groups is 1. The zero-order valence-corrected chi connectivity index (χ0v) is 23.7. The minimum atomic E-state index is -3.39. The number of nitrogens with two attached hydrogens (primary N) is 1. The van der Waals surface area contributed by atoms with Crippen LogP contribution in [0, 0.1) is 11.7 Å². The third-order valence-corrected chi connectivity index (χ3v) is 10.4. The van der Waals surface area contributed by atoms with Gasteiger partial charge in [-0.15, -0.1) is 0 Å². The Kier molecular flexibility index (Phi) is 9.15. The average Bonchev–Trinajstić information content (AvgIpc) is 3.70. The molecular formula is C28H38ClFN4O3S. The Morgan fingerprint density at radius 2 is 1.92 bits per heavy atom. The van der Waals surface area contributed by atoms with E-state index in [2.05, 4.69) is 10.6 Å². The lowest BCUT2D eigenvalue weighted by molar-refractivity contribution is -0.118. The summed E-state index contributed by atoms with van der Waals surface area (Å²) in [5.41, 5.74) is 8.02. The lowest BCUT2D eigenvalue weighted by Gasteiger charge is -2.40. The number of anilines is 1. The average molecular weight is 565 g/mol. The van der Waals surface area contributed by atoms with Gasteiger partial charge in [-0.25, -0.2) is 12.8 Å². The minimum absolute atomic E-state index is 0.0568. The van der Waals surface area contributed by atoms with Crippen LogP contribution in [0.2, 0.25) is 5.02 Å². The van der Waals surface area contributed by atoms with Crippen molar-refractivity contribution in [2.45, 2.75) is 75.7 Å². The number of piperazine rings is 1. The first-order chi connectivity index (χ1) is 18.0. The predicted molar refractivity (Wildman–Crippen MR) is 150 cm³/mol. The van der Waals surface area contributed by atoms with Gasteiger partial charge in [-0.1, -0.05) is 43.6 Å². The van der Waals surface area contributed by atoms with Crippen molar-refractivity contribution in [2.75, 3.05) is 18.4 Å². The molecule has 4 atom stereocenters. The highest BCUT2D eigenvalue weighted by Crippen LogP contribution is 2.35. The number of rotatable bonds is 10. The molecule has 0 spiro atoms. The second-order valence-electron chi connectivity index (χ2n) is 10.9. The molecule has 2 aromatic carbocycles. The number of hydrogen-bond donors (Lipinski definition) is 3. The molecule has 10 heteroatoms. The maximum atomic E-state index is 15.1. The monoisotopic (exact) mass is 564 g/mol. The second kappa shape index (κ2) is 12.0. The Balaban J connectivity index is 1.51. The van der Waals surface area contributed by atoms with Crippen molar-refractivity contribution in [2.24, 2.45) is 11.7 Å². The maximum absolute atomic E-state index is 15.1. The molecule has 38 heavy (non-hydrogen) atoms. The normalized spacial score (nSPS) is 22.3. The number of carbonyl (C=O) groups excluding carboxylic acids is 1. The van der Waals surface area contributed by atoms with E-state index in [-0.39, 0.29) is 35.6 Å². The highest BCUT2D eigenvalue weighted by atomic mass is 35.5. The molecule has 4 N–H and O–H groups in total. The number of amides is 1. The van der Waals surface area contributed by atoms with E-state index in [0.29, 0.717) is 48.6 Å². The Hall–Kier alpha value is -2.04. The van der Waals surface area contributed by atoms with Crippen molar-refractivity contribution in [1.82, 2.24) is 9.62 Å². The summed E-state index contributed by atoms with van der Waals surface area (Å²) in [4.78, 5) is 13.3. The van der Waals surface area contributed by atoms with Crippen molar-refractivity contribution in [3.05, 3.63) is 64.4 Å². The zero-order valence-electron chi connectivity index (χ0n) is 22.2. The minimum Gasteiger partial charge on any atom is -0.324 e. The molecule has 4 rings (SSSR count). The number of sulfonamides is 1. The molecule has 1 saturated heterocycles. The largest absolute Gasteiger partial charge is 0.324 e. The molecule has 2 aromatic rings. The third-order valence-electron chi connectivity index (χ3n) is 7.60. The fourth-order valence-electron chi connectivity index (χ4n) is 5.57. The highest BCUT2D eigenvalue weighted by Gasteiger charge is 2.45. The van der Waals surface area contributed by atoms with Crippen LogP contribution in [0.15, 0.2) is 42.5 Å². The van der Waals surface area contributed by atoms with Gasteiger partial charge < -0.3 is 16.4 Å². The summed E-state index contributed by atoms with van der Waals surface area (Å²) in [6.45, 7) is 6.98. The summed E-state index contributed by atoms with van der Waals surface area (Å²) in [6.07, 6.45) is 2.09. The molecule has 208 valence electrons. The van der Waals surface area contributed by atoms with E-state index in [1.54, 1.807) is 22.5 Å². The van der Waals surface area contributed by atoms with Crippen molar-refractivity contribution >= 4 is 33.2 Å². The molecule has 0 bridgehead atoms. The molecule has 0 radical (unpaired) electrons. The summed E-state index contributed by atoms with van der Waals surface area (Å²) in [5, 5.41) is 6.42. The number of nitrogens with zero attached hydrogens (tertiary/aromatic N) is 1. The van der Waals surface area contributed by atoms with Gasteiger partial charge in [0.25, 0.3) is 0 Å². The van der Waals surface area contributed by atoms with Gasteiger partial charge in [0.15, 0.2) is 0 Å². The Morgan fingerprint density at radius 3 is 2.58 bits per heavy atom. The van der Waals surface area contributed by atoms with Crippen LogP contribution in [0.1, 0.15) is 57.1 Å². The van der Waals surface area contributed by atoms with Crippen LogP contribution in [-0.2, 0) is 21.2 Å². The first kappa shape index (κ1) is 29.0. The number of benzene rings is 2. The number of halogens is 2. The fraction of sp³-hybridized carbons (Fsp3) is 0.536. The van der Waals surface area contributed by atoms with Crippen LogP contribution in [-0.4, -0.2) is 55.1 Å². The van der Waals surface area contributed by atoms with Gasteiger partial charge in [0.2, 0.25) is 15.9 Å². The summed E-state index contributed by atoms with van der Waals surface area (Å²) in [6, 6.07) is 10.5. The molecule has 2 aliphatic rings. The van der Waals surface area contributed by atoms with Crippen molar-refractivity contribution < 1.29 is 17.6 Å². The van der Waals surface area contributed by atoms with E-state index in [9.17, 15) is 13.2 Å². The van der Waals surface area contributed by atoms with Crippen molar-refractivity contribution in [3.63, 3.8) is 0 Å². The second-order valence-corrected chi connectivity index (χ2v) is 13.4. The quantitative estimate of drug-likeness (QED) is 0.400. The fourth-order valence-corrected chi connectivity index (χ4v) is 8.01. The van der Waals surface area contributed by atoms with Crippen molar-refractivity contribution in [1.29, 1.82) is 0 Å². The SMILES string of the molecule is CC(C)C(c1cccc(Cl)c1)[C@H](N)C(=O)Nc1cccc(F)c1CC[C@H]1CNC[C@H](C)N1S(=O)(=O)C1CC1. The Labute approximate surface area is 230 Å². The van der Waals surface area contributed by atoms with Gasteiger partial charge in [-0.3, -0.25) is 4.79 Å². The summed E-state index contributed by atoms with van der Waals surface area (Å²) >= 11 is 6.18. The number of nitrogens with one attached hydrogen (secondary N) is 2. The molecule has 1 heterocycles. The maximum Gasteiger partial charge on any atom is 0.241 e. The van der Waals surface area contributed by atoms with E-state index in [1.165, 1.54) is 6.07 Å². The van der Waals surface area contributed by atoms with Gasteiger partial charge in [-0.05, 0) is 68.4 Å². The first-order valence-electron chi connectivity index (χ1n) is 13.3. The highest BCUT2D eigenvalue weighted by molar-refractivity contribution is 7.90. The standard InChI is InChI=1S/C28H38ClFN4O3S/c1-17(2)26(19-6-4-7-20(29)14-19)27(31)28(35)33-25-9-5-8-24(30)23(25)13-10-21-16-32-15-18(3)34(21)38(36,37)22-11-12-22/h4-9,14,17-18,21-22,26-27,32H,10-13,15-16,31H2,1-3H3,(H,33,35)/t18-,21-,26?,27-/m0/s1. The molecule has 1 aliphatic carbocycles. The van der Waals surface area contributed by atoms with Crippen LogP contribution in [0.4, 0.5) is 10.1 Å². The van der Waals surface area contributed by atoms with Crippen LogP contribution >= 0.6 is 11.6 Å². The molecule has 0 aromatic heterocycles. The first-order valence-corrected chi connectivity index (χ1v) is 15.2. The van der Waals surface area contributed by atoms with E-state index >= 15 is 4.39 Å². The molecule has 1 aliphatic heterocycles. The van der Waals surface area contributed by atoms with Crippen LogP contribution in [0.5, 0.6) is 0 Å². The molecule has 2 fully saturated rings. The Bertz CT molecular complexity index is 1250. The topological polar surface area (TPSA) is 105 Å². The Morgan fingerprint density at radius 1 is 1.21 bits per heavy atom. The lowest BCUT2D eigenvalue weighted by atomic mass is 9.82. The van der Waals surface area contributed by atoms with Gasteiger partial charge in [0.05, 0.1) is 11.3 Å². The van der Waals surface area contributed by atoms with Gasteiger partial charge in [0.1, 0.15) is 5.82 Å². The van der Waals surface area contributed by atoms with E-state index in [4.69, 9.17) is 17.3 Å². The molecule has 1 unspecified atom stereocenters. The third kappa shape index (κ3) is 6.39. The van der Waals surface area contributed by atoms with Gasteiger partial charge in [0, 0.05) is 47.4 Å². The summed E-state index contributed by atoms with van der Waals surface area (Å²) in [7, 11) is -3.39. The molecule has 1 amide bonds.